The van der Waals surface area contributed by atoms with Crippen LogP contribution in [0, 0.1) is 17.2 Å². The molecule has 0 fully saturated rings. The van der Waals surface area contributed by atoms with E-state index in [1.165, 1.54) is 37.3 Å². The molecule has 0 aliphatic carbocycles. The Balaban J connectivity index is 2.22. The third kappa shape index (κ3) is 7.35. The Bertz CT molecular complexity index is 1480. The largest absolute Gasteiger partial charge is 0.416 e. The molecule has 0 aromatic heterocycles. The molecule has 1 heterocycles. The number of halogens is 6. The van der Waals surface area contributed by atoms with Gasteiger partial charge in [0.1, 0.15) is 23.3 Å². The van der Waals surface area contributed by atoms with Crippen LogP contribution >= 0.6 is 0 Å². The Kier molecular flexibility index (Phi) is 9.51. The number of amides is 3. The molecule has 2 aromatic rings. The van der Waals surface area contributed by atoms with Gasteiger partial charge in [-0.15, -0.1) is 0 Å². The number of benzene rings is 2. The second-order valence-electron chi connectivity index (χ2n) is 9.58. The number of carbonyl (C=O) groups is 3. The number of alkyl halides is 6. The first-order chi connectivity index (χ1) is 19.4. The van der Waals surface area contributed by atoms with Crippen LogP contribution in [-0.4, -0.2) is 45.3 Å². The van der Waals surface area contributed by atoms with Gasteiger partial charge in [0.2, 0.25) is 0 Å². The van der Waals surface area contributed by atoms with E-state index in [-0.39, 0.29) is 28.1 Å². The van der Waals surface area contributed by atoms with Crippen LogP contribution in [0.15, 0.2) is 59.8 Å². The monoisotopic (exact) mass is 614 g/mol. The molecule has 15 heteroatoms. The molecule has 3 rings (SSSR count). The maximum Gasteiger partial charge on any atom is 0.416 e. The predicted octanol–water partition coefficient (Wildman–Crippen LogP) is 5.40. The molecule has 2 atom stereocenters. The molecule has 224 valence electrons. The lowest BCUT2D eigenvalue weighted by Crippen LogP contribution is -2.54. The van der Waals surface area contributed by atoms with Crippen LogP contribution in [0.4, 0.5) is 36.8 Å². The van der Waals surface area contributed by atoms with Crippen molar-refractivity contribution in [2.24, 2.45) is 5.92 Å². The van der Waals surface area contributed by atoms with Gasteiger partial charge in [-0.25, -0.2) is 9.00 Å². The van der Waals surface area contributed by atoms with Crippen LogP contribution in [0.5, 0.6) is 0 Å². The van der Waals surface area contributed by atoms with E-state index in [0.29, 0.717) is 6.07 Å². The van der Waals surface area contributed by atoms with E-state index in [9.17, 15) is 50.2 Å². The topological polar surface area (TPSA) is 111 Å². The summed E-state index contributed by atoms with van der Waals surface area (Å²) in [6, 6.07) is 8.76. The minimum absolute atomic E-state index is 0.0373. The fourth-order valence-electron chi connectivity index (χ4n) is 4.35. The van der Waals surface area contributed by atoms with Gasteiger partial charge < -0.3 is 4.90 Å². The third-order valence-corrected chi connectivity index (χ3v) is 7.21. The van der Waals surface area contributed by atoms with E-state index in [0.717, 1.165) is 21.9 Å². The average molecular weight is 615 g/mol. The van der Waals surface area contributed by atoms with E-state index in [1.54, 1.807) is 18.6 Å². The number of Topliss-reactive ketones (excluding diaryl/α,β-unsaturated/α-hetero) is 1. The highest BCUT2D eigenvalue weighted by Crippen LogP contribution is 2.41. The lowest BCUT2D eigenvalue weighted by atomic mass is 9.86. The van der Waals surface area contributed by atoms with Crippen LogP contribution in [0.25, 0.3) is 0 Å². The summed E-state index contributed by atoms with van der Waals surface area (Å²) < 4.78 is 92.1. The van der Waals surface area contributed by atoms with Crippen molar-refractivity contribution >= 4 is 34.4 Å². The highest BCUT2D eigenvalue weighted by Gasteiger charge is 2.44. The number of nitrogens with one attached hydrogen (secondary N) is 1. The SMILES string of the molecule is CC1=C(C(=O)C(C)C)C(c2ccc(C#N)cc2)N(CC(=O)NS(=O)CC(F)(F)F)C(=O)N1c1cccc(C(F)(F)F)c1. The van der Waals surface area contributed by atoms with Gasteiger partial charge in [0.05, 0.1) is 28.9 Å². The Morgan fingerprint density at radius 2 is 1.69 bits per heavy atom. The Hall–Kier alpha value is -4.19. The molecule has 8 nitrogen and oxygen atoms in total. The van der Waals surface area contributed by atoms with E-state index in [4.69, 9.17) is 0 Å². The first-order valence-corrected chi connectivity index (χ1v) is 13.5. The quantitative estimate of drug-likeness (QED) is 0.401. The smallest absolute Gasteiger partial charge is 0.303 e. The molecule has 0 saturated heterocycles. The number of ketones is 1. The molecule has 42 heavy (non-hydrogen) atoms. The highest BCUT2D eigenvalue weighted by atomic mass is 32.2. The van der Waals surface area contributed by atoms with Crippen molar-refractivity contribution in [1.29, 1.82) is 5.26 Å². The summed E-state index contributed by atoms with van der Waals surface area (Å²) in [6.45, 7) is 3.42. The van der Waals surface area contributed by atoms with Gasteiger partial charge in [-0.05, 0) is 42.8 Å². The van der Waals surface area contributed by atoms with Crippen molar-refractivity contribution in [1.82, 2.24) is 9.62 Å². The average Bonchev–Trinajstić information content (AvgIpc) is 2.88. The van der Waals surface area contributed by atoms with Gasteiger partial charge >= 0.3 is 18.4 Å². The van der Waals surface area contributed by atoms with E-state index >= 15 is 0 Å². The molecular weight excluding hydrogens is 590 g/mol. The third-order valence-electron chi connectivity index (χ3n) is 6.16. The molecular formula is C27H24F6N4O4S. The number of anilines is 1. The molecule has 0 saturated carbocycles. The van der Waals surface area contributed by atoms with Crippen molar-refractivity contribution in [2.75, 3.05) is 17.2 Å². The van der Waals surface area contributed by atoms with Crippen LogP contribution < -0.4 is 9.62 Å². The summed E-state index contributed by atoms with van der Waals surface area (Å²) in [4.78, 5) is 41.9. The molecule has 0 radical (unpaired) electrons. The van der Waals surface area contributed by atoms with Crippen molar-refractivity contribution in [3.63, 3.8) is 0 Å². The fraction of sp³-hybridized carbons (Fsp3) is 0.333. The van der Waals surface area contributed by atoms with Crippen LogP contribution in [0.2, 0.25) is 0 Å². The number of hydrogen-bond acceptors (Lipinski definition) is 5. The normalized spacial score (nSPS) is 16.9. The number of hydrogen-bond donors (Lipinski definition) is 1. The Morgan fingerprint density at radius 1 is 1.07 bits per heavy atom. The lowest BCUT2D eigenvalue weighted by molar-refractivity contribution is -0.137. The van der Waals surface area contributed by atoms with Crippen molar-refractivity contribution in [2.45, 2.75) is 39.2 Å². The standard InChI is InChI=1S/C27H24F6N4O4S/c1-15(2)24(39)22-16(3)37(20-6-4-5-19(11-20)27(31,32)33)25(40)36(13-21(38)35-42(41)14-26(28,29)30)23(22)18-9-7-17(12-34)8-10-18/h4-11,15,23H,13-14H2,1-3H3,(H,35,38). The Labute approximate surface area is 239 Å². The van der Waals surface area contributed by atoms with E-state index in [2.05, 4.69) is 0 Å². The number of urea groups is 1. The molecule has 0 spiro atoms. The highest BCUT2D eigenvalue weighted by molar-refractivity contribution is 7.83. The summed E-state index contributed by atoms with van der Waals surface area (Å²) in [5.74, 6) is -4.36. The fourth-order valence-corrected chi connectivity index (χ4v) is 5.04. The zero-order valence-corrected chi connectivity index (χ0v) is 23.2. The first kappa shape index (κ1) is 32.3. The second kappa shape index (κ2) is 12.4. The number of nitrogens with zero attached hydrogens (tertiary/aromatic N) is 3. The molecule has 0 bridgehead atoms. The molecule has 1 aliphatic rings. The molecule has 1 aliphatic heterocycles. The van der Waals surface area contributed by atoms with Gasteiger partial charge in [0.15, 0.2) is 5.78 Å². The summed E-state index contributed by atoms with van der Waals surface area (Å²) in [7, 11) is -2.90. The predicted molar refractivity (Wildman–Crippen MR) is 140 cm³/mol. The number of allylic oxidation sites excluding steroid dienone is 1. The minimum Gasteiger partial charge on any atom is -0.303 e. The summed E-state index contributed by atoms with van der Waals surface area (Å²) in [5.41, 5.74) is -1.04. The van der Waals surface area contributed by atoms with Crippen LogP contribution in [0.1, 0.15) is 43.5 Å². The zero-order valence-electron chi connectivity index (χ0n) is 22.3. The van der Waals surface area contributed by atoms with Gasteiger partial charge in [-0.3, -0.25) is 19.2 Å². The number of nitriles is 1. The molecule has 2 aromatic carbocycles. The van der Waals surface area contributed by atoms with Crippen molar-refractivity contribution in [3.8, 4) is 6.07 Å². The van der Waals surface area contributed by atoms with Gasteiger partial charge in [-0.1, -0.05) is 32.0 Å². The molecule has 2 unspecified atom stereocenters. The maximum atomic E-state index is 13.9. The number of carbonyl (C=O) groups excluding carboxylic acids is 3. The lowest BCUT2D eigenvalue weighted by Gasteiger charge is -2.43. The first-order valence-electron chi connectivity index (χ1n) is 12.2. The van der Waals surface area contributed by atoms with E-state index in [1.807, 2.05) is 6.07 Å². The zero-order chi connectivity index (χ0) is 31.6. The van der Waals surface area contributed by atoms with Crippen LogP contribution in [0.3, 0.4) is 0 Å². The summed E-state index contributed by atoms with van der Waals surface area (Å²) >= 11 is 0. The second-order valence-corrected chi connectivity index (χ2v) is 10.8. The number of rotatable bonds is 8. The van der Waals surface area contributed by atoms with Crippen molar-refractivity contribution < 1.29 is 44.9 Å². The molecule has 1 N–H and O–H groups in total. The van der Waals surface area contributed by atoms with Crippen LogP contribution in [-0.2, 0) is 26.8 Å². The minimum atomic E-state index is -4.87. The summed E-state index contributed by atoms with van der Waals surface area (Å²) in [5, 5.41) is 9.19. The van der Waals surface area contributed by atoms with Gasteiger partial charge in [-0.2, -0.15) is 31.6 Å². The van der Waals surface area contributed by atoms with Gasteiger partial charge in [0, 0.05) is 17.2 Å². The maximum absolute atomic E-state index is 13.9. The van der Waals surface area contributed by atoms with E-state index < -0.39 is 70.9 Å². The van der Waals surface area contributed by atoms with Gasteiger partial charge in [0.25, 0.3) is 5.91 Å². The molecule has 3 amide bonds. The summed E-state index contributed by atoms with van der Waals surface area (Å²) in [6.07, 6.45) is -9.66. The Morgan fingerprint density at radius 3 is 2.21 bits per heavy atom. The van der Waals surface area contributed by atoms with Crippen molar-refractivity contribution in [3.05, 3.63) is 76.5 Å².